The lowest BCUT2D eigenvalue weighted by molar-refractivity contribution is 0.661. The first-order chi connectivity index (χ1) is 72.3. The molecule has 0 bridgehead atoms. The van der Waals surface area contributed by atoms with Crippen molar-refractivity contribution in [3.8, 4) is 157 Å². The second-order valence-corrected chi connectivity index (χ2v) is 40.2. The highest BCUT2D eigenvalue weighted by molar-refractivity contribution is 6.24. The highest BCUT2D eigenvalue weighted by Crippen LogP contribution is 2.59. The highest BCUT2D eigenvalue weighted by Gasteiger charge is 2.43. The lowest BCUT2D eigenvalue weighted by atomic mass is 9.78. The van der Waals surface area contributed by atoms with E-state index in [4.69, 9.17) is 34.9 Å². The molecule has 0 N–H and O–H groups in total. The standard InChI is InChI=1S/C53H36N4.2C42H29N3/c1-53(2)43-27-15-13-25-41(43)49-48(53)46(42-26-14-16-28-44(42)54-49)34-31-29-33(30-32-34)45-37-21-9-11-23-39(37)47(40-24-12-10-22-38(40)45)52-56-50(35-17-5-3-6-18-35)55-51(57-52)36-19-7-4-8-20-36;1-42(2)34-18-9-7-16-32(34)40-39(42)37(33-17-8-10-19-35(33)45-40)27-22-20-26(21-23-27)36-28-12-3-5-14-30(28)38(41-43-24-11-25-44-41)31-15-6-4-13-29(31)36;1-42(2)34-17-9-7-15-32(34)41-40(42)38(33-16-8-10-18-35(33)45-41)27-21-19-26(20-22-27)37-28-11-3-5-13-30(28)39(36-25-43-23-24-44-36)31-14-6-4-12-29(31)37/h3-32H,1-2H3;2*3-25H,1-2H3. The van der Waals surface area contributed by atoms with Crippen LogP contribution in [0.4, 0.5) is 0 Å². The van der Waals surface area contributed by atoms with Crippen molar-refractivity contribution in [2.24, 2.45) is 0 Å². The molecule has 0 fully saturated rings. The van der Waals surface area contributed by atoms with Gasteiger partial charge in [-0.2, -0.15) is 0 Å². The van der Waals surface area contributed by atoms with Gasteiger partial charge in [-0.1, -0.05) is 448 Å². The van der Waals surface area contributed by atoms with Crippen molar-refractivity contribution >= 4 is 97.3 Å². The number of rotatable bonds is 11. The maximum absolute atomic E-state index is 5.28. The van der Waals surface area contributed by atoms with Gasteiger partial charge in [0.15, 0.2) is 23.3 Å². The summed E-state index contributed by atoms with van der Waals surface area (Å²) in [4.78, 5) is 49.6. The number of aromatic nitrogens is 10. The summed E-state index contributed by atoms with van der Waals surface area (Å²) in [5.74, 6) is 2.69. The van der Waals surface area contributed by atoms with E-state index in [0.29, 0.717) is 17.5 Å². The maximum Gasteiger partial charge on any atom is 0.165 e. The van der Waals surface area contributed by atoms with Crippen LogP contribution in [0.5, 0.6) is 0 Å². The summed E-state index contributed by atoms with van der Waals surface area (Å²) < 4.78 is 0. The smallest absolute Gasteiger partial charge is 0.165 e. The van der Waals surface area contributed by atoms with Crippen LogP contribution in [0.1, 0.15) is 74.9 Å². The molecular formula is C137H94N10. The second kappa shape index (κ2) is 34.9. The SMILES string of the molecule is CC1(C)c2ccccc2-c2nc3ccccc3c(-c3ccc(-c4c5ccccc5c(-c5cnccn5)c5ccccc45)cc3)c21.CC1(C)c2ccccc2-c2nc3ccccc3c(-c3ccc(-c4c5ccccc5c(-c5nc(-c6ccccc6)nc(-c6ccccc6)n5)c5ccccc45)cc3)c21.CC1(C)c2ccccc2-c2nc3ccccc3c(-c3ccc(-c4c5ccccc5c(-c5ncccn5)c5ccccc45)cc3)c21. The van der Waals surface area contributed by atoms with Crippen LogP contribution in [0.2, 0.25) is 0 Å². The fourth-order valence-electron chi connectivity index (χ4n) is 24.3. The van der Waals surface area contributed by atoms with E-state index in [1.165, 1.54) is 160 Å². The number of hydrogen-bond donors (Lipinski definition) is 0. The molecule has 26 aromatic rings. The van der Waals surface area contributed by atoms with Crippen LogP contribution in [0.15, 0.2) is 462 Å². The van der Waals surface area contributed by atoms with Crippen molar-refractivity contribution in [3.05, 3.63) is 495 Å². The van der Waals surface area contributed by atoms with Crippen molar-refractivity contribution < 1.29 is 0 Å². The molecule has 3 aliphatic carbocycles. The molecule has 0 saturated carbocycles. The molecule has 0 aliphatic heterocycles. The number of para-hydroxylation sites is 3. The van der Waals surface area contributed by atoms with Crippen LogP contribution in [0.3, 0.4) is 0 Å². The molecule has 0 spiro atoms. The van der Waals surface area contributed by atoms with Gasteiger partial charge < -0.3 is 0 Å². The third-order valence-corrected chi connectivity index (χ3v) is 30.8. The molecule has 29 rings (SSSR count). The van der Waals surface area contributed by atoms with Crippen LogP contribution in [-0.2, 0) is 16.2 Å². The van der Waals surface area contributed by atoms with Gasteiger partial charge in [-0.25, -0.2) is 39.9 Å². The van der Waals surface area contributed by atoms with Crippen molar-refractivity contribution in [2.45, 2.75) is 57.8 Å². The number of benzene rings is 20. The summed E-state index contributed by atoms with van der Waals surface area (Å²) in [6.45, 7) is 14.0. The minimum atomic E-state index is -0.199. The lowest BCUT2D eigenvalue weighted by Gasteiger charge is -2.25. The second-order valence-electron chi connectivity index (χ2n) is 40.2. The van der Waals surface area contributed by atoms with Gasteiger partial charge in [0.05, 0.1) is 45.5 Å². The predicted octanol–water partition coefficient (Wildman–Crippen LogP) is 34.6. The van der Waals surface area contributed by atoms with E-state index < -0.39 is 0 Å². The molecule has 6 heterocycles. The molecule has 147 heavy (non-hydrogen) atoms. The van der Waals surface area contributed by atoms with Gasteiger partial charge in [0.25, 0.3) is 0 Å². The van der Waals surface area contributed by atoms with Crippen molar-refractivity contribution in [3.63, 3.8) is 0 Å². The monoisotopic (exact) mass is 1880 g/mol. The molecule has 10 heteroatoms. The summed E-state index contributed by atoms with van der Waals surface area (Å²) in [6, 6.07) is 154. The Bertz CT molecular complexity index is 9280. The summed E-state index contributed by atoms with van der Waals surface area (Å²) in [5, 5.41) is 17.5. The minimum Gasteiger partial charge on any atom is -0.261 e. The van der Waals surface area contributed by atoms with E-state index in [-0.39, 0.29) is 16.2 Å². The normalized spacial score (nSPS) is 13.1. The Morgan fingerprint density at radius 2 is 0.408 bits per heavy atom. The molecule has 3 aliphatic rings. The average molecular weight is 1880 g/mol. The summed E-state index contributed by atoms with van der Waals surface area (Å²) in [6.07, 6.45) is 8.99. The zero-order chi connectivity index (χ0) is 98.3. The molecule has 0 unspecified atom stereocenters. The Morgan fingerprint density at radius 1 is 0.163 bits per heavy atom. The Kier molecular flexibility index (Phi) is 20.8. The van der Waals surface area contributed by atoms with Gasteiger partial charge in [0, 0.05) is 102 Å². The van der Waals surface area contributed by atoms with E-state index in [9.17, 15) is 0 Å². The van der Waals surface area contributed by atoms with E-state index in [0.717, 1.165) is 111 Å². The van der Waals surface area contributed by atoms with Crippen molar-refractivity contribution in [1.82, 2.24) is 49.8 Å². The average Bonchev–Trinajstić information content (AvgIpc) is 1.22. The molecular weight excluding hydrogens is 1790 g/mol. The number of nitrogens with zero attached hydrogens (tertiary/aromatic N) is 10. The van der Waals surface area contributed by atoms with E-state index >= 15 is 0 Å². The van der Waals surface area contributed by atoms with Gasteiger partial charge in [-0.05, 0) is 189 Å². The first kappa shape index (κ1) is 87.4. The Hall–Kier alpha value is -18.6. The fraction of sp³-hybridized carbons (Fsp3) is 0.0657. The molecule has 0 radical (unpaired) electrons. The zero-order valence-corrected chi connectivity index (χ0v) is 81.9. The minimum absolute atomic E-state index is 0.167. The molecule has 692 valence electrons. The molecule has 0 amide bonds. The number of hydrogen-bond acceptors (Lipinski definition) is 10. The van der Waals surface area contributed by atoms with Crippen LogP contribution in [0, 0.1) is 0 Å². The fourth-order valence-corrected chi connectivity index (χ4v) is 24.3. The van der Waals surface area contributed by atoms with Crippen LogP contribution in [0.25, 0.3) is 255 Å². The Labute approximate surface area is 851 Å². The van der Waals surface area contributed by atoms with Crippen LogP contribution in [-0.4, -0.2) is 49.8 Å². The van der Waals surface area contributed by atoms with Crippen molar-refractivity contribution in [2.75, 3.05) is 0 Å². The van der Waals surface area contributed by atoms with E-state index in [2.05, 4.69) is 445 Å². The molecule has 20 aromatic carbocycles. The molecule has 10 nitrogen and oxygen atoms in total. The van der Waals surface area contributed by atoms with E-state index in [1.807, 2.05) is 61.1 Å². The zero-order valence-electron chi connectivity index (χ0n) is 81.9. The van der Waals surface area contributed by atoms with Gasteiger partial charge in [-0.3, -0.25) is 9.97 Å². The highest BCUT2D eigenvalue weighted by atomic mass is 15.0. The largest absolute Gasteiger partial charge is 0.261 e. The maximum atomic E-state index is 5.28. The van der Waals surface area contributed by atoms with Gasteiger partial charge >= 0.3 is 0 Å². The topological polar surface area (TPSA) is 129 Å². The van der Waals surface area contributed by atoms with Gasteiger partial charge in [-0.15, -0.1) is 0 Å². The lowest BCUT2D eigenvalue weighted by Crippen LogP contribution is -2.16. The van der Waals surface area contributed by atoms with Crippen LogP contribution >= 0.6 is 0 Å². The quantitative estimate of drug-likeness (QED) is 0.115. The Balaban J connectivity index is 0.000000110. The van der Waals surface area contributed by atoms with Gasteiger partial charge in [0.2, 0.25) is 0 Å². The summed E-state index contributed by atoms with van der Waals surface area (Å²) in [7, 11) is 0. The number of pyridine rings is 3. The van der Waals surface area contributed by atoms with Crippen molar-refractivity contribution in [1.29, 1.82) is 0 Å². The van der Waals surface area contributed by atoms with Crippen LogP contribution < -0.4 is 0 Å². The first-order valence-corrected chi connectivity index (χ1v) is 50.4. The van der Waals surface area contributed by atoms with Gasteiger partial charge in [0.1, 0.15) is 0 Å². The summed E-state index contributed by atoms with van der Waals surface area (Å²) >= 11 is 0. The molecule has 0 saturated heterocycles. The number of fused-ring (bicyclic) bond motifs is 18. The molecule has 0 atom stereocenters. The third kappa shape index (κ3) is 14.2. The third-order valence-electron chi connectivity index (χ3n) is 30.8. The summed E-state index contributed by atoms with van der Waals surface area (Å²) in [5.41, 5.74) is 38.0. The first-order valence-electron chi connectivity index (χ1n) is 50.4. The predicted molar refractivity (Wildman–Crippen MR) is 607 cm³/mol. The molecule has 6 aromatic heterocycles. The Morgan fingerprint density at radius 3 is 0.707 bits per heavy atom. The van der Waals surface area contributed by atoms with E-state index in [1.54, 1.807) is 12.4 Å².